The van der Waals surface area contributed by atoms with Crippen LogP contribution >= 0.6 is 15.9 Å². The van der Waals surface area contributed by atoms with Crippen LogP contribution in [-0.4, -0.2) is 15.0 Å². The molecule has 0 saturated carbocycles. The van der Waals surface area contributed by atoms with E-state index in [1.165, 1.54) is 5.56 Å². The fraction of sp³-hybridized carbons (Fsp3) is 0.250. The Balaban J connectivity index is 1.92. The highest BCUT2D eigenvalue weighted by Crippen LogP contribution is 2.22. The molecule has 3 nitrogen and oxygen atoms in total. The van der Waals surface area contributed by atoms with Gasteiger partial charge in [0, 0.05) is 11.0 Å². The van der Waals surface area contributed by atoms with Crippen LogP contribution in [0, 0.1) is 6.92 Å². The predicted octanol–water partition coefficient (Wildman–Crippen LogP) is 3.67. The lowest BCUT2D eigenvalue weighted by Gasteiger charge is -2.09. The molecule has 0 atom stereocenters. The van der Waals surface area contributed by atoms with Crippen molar-refractivity contribution in [2.24, 2.45) is 0 Å². The molecule has 1 N–H and O–H groups in total. The average Bonchev–Trinajstić information content (AvgIpc) is 2.44. The van der Waals surface area contributed by atoms with Gasteiger partial charge in [-0.15, -0.1) is 0 Å². The van der Waals surface area contributed by atoms with Gasteiger partial charge in [0.1, 0.15) is 0 Å². The zero-order chi connectivity index (χ0) is 15.3. The van der Waals surface area contributed by atoms with Gasteiger partial charge in [-0.3, -0.25) is 0 Å². The van der Waals surface area contributed by atoms with Gasteiger partial charge in [0.15, 0.2) is 0 Å². The Hall–Kier alpha value is -1.17. The van der Waals surface area contributed by atoms with Gasteiger partial charge in [0.25, 0.3) is 0 Å². The summed E-state index contributed by atoms with van der Waals surface area (Å²) < 4.78 is 27.7. The van der Waals surface area contributed by atoms with Gasteiger partial charge >= 0.3 is 0 Å². The van der Waals surface area contributed by atoms with E-state index in [0.717, 1.165) is 18.4 Å². The zero-order valence-electron chi connectivity index (χ0n) is 11.8. The molecule has 5 heteroatoms. The van der Waals surface area contributed by atoms with Crippen LogP contribution in [0.25, 0.3) is 0 Å². The number of halogens is 1. The van der Waals surface area contributed by atoms with Crippen LogP contribution in [-0.2, 0) is 16.4 Å². The van der Waals surface area contributed by atoms with E-state index in [9.17, 15) is 8.42 Å². The molecule has 2 aromatic rings. The summed E-state index contributed by atoms with van der Waals surface area (Å²) in [6.45, 7) is 2.35. The number of rotatable bonds is 6. The molecule has 112 valence electrons. The highest BCUT2D eigenvalue weighted by atomic mass is 79.9. The van der Waals surface area contributed by atoms with Crippen LogP contribution < -0.4 is 4.72 Å². The van der Waals surface area contributed by atoms with Crippen LogP contribution in [0.15, 0.2) is 57.9 Å². The van der Waals surface area contributed by atoms with E-state index < -0.39 is 10.0 Å². The molecule has 0 heterocycles. The summed E-state index contributed by atoms with van der Waals surface area (Å²) in [6.07, 6.45) is 1.63. The Bertz CT molecular complexity index is 699. The van der Waals surface area contributed by atoms with Crippen molar-refractivity contribution in [3.05, 3.63) is 64.1 Å². The van der Waals surface area contributed by atoms with E-state index in [-0.39, 0.29) is 4.90 Å². The molecule has 0 aliphatic carbocycles. The van der Waals surface area contributed by atoms with Gasteiger partial charge in [0.05, 0.1) is 4.90 Å². The SMILES string of the molecule is Cc1ccc(S(=O)(=O)NCCCc2ccccc2)c(Br)c1. The van der Waals surface area contributed by atoms with Gasteiger partial charge in [-0.1, -0.05) is 36.4 Å². The summed E-state index contributed by atoms with van der Waals surface area (Å²) in [6, 6.07) is 15.3. The Morgan fingerprint density at radius 3 is 2.48 bits per heavy atom. The molecule has 0 fully saturated rings. The second-order valence-electron chi connectivity index (χ2n) is 4.92. The topological polar surface area (TPSA) is 46.2 Å². The predicted molar refractivity (Wildman–Crippen MR) is 88.8 cm³/mol. The van der Waals surface area contributed by atoms with Crippen LogP contribution in [0.1, 0.15) is 17.5 Å². The quantitative estimate of drug-likeness (QED) is 0.791. The molecule has 0 unspecified atom stereocenters. The van der Waals surface area contributed by atoms with E-state index >= 15 is 0 Å². The van der Waals surface area contributed by atoms with Gasteiger partial charge < -0.3 is 0 Å². The minimum Gasteiger partial charge on any atom is -0.211 e. The summed E-state index contributed by atoms with van der Waals surface area (Å²) in [5.74, 6) is 0. The first-order valence-corrected chi connectivity index (χ1v) is 9.06. The van der Waals surface area contributed by atoms with Crippen LogP contribution in [0.3, 0.4) is 0 Å². The van der Waals surface area contributed by atoms with Gasteiger partial charge in [-0.2, -0.15) is 0 Å². The first kappa shape index (κ1) is 16.2. The molecule has 0 saturated heterocycles. The Morgan fingerprint density at radius 1 is 1.10 bits per heavy atom. The van der Waals surface area contributed by atoms with Crippen molar-refractivity contribution < 1.29 is 8.42 Å². The average molecular weight is 368 g/mol. The van der Waals surface area contributed by atoms with Crippen molar-refractivity contribution in [1.82, 2.24) is 4.72 Å². The maximum Gasteiger partial charge on any atom is 0.241 e. The number of hydrogen-bond acceptors (Lipinski definition) is 2. The third-order valence-electron chi connectivity index (χ3n) is 3.15. The third-order valence-corrected chi connectivity index (χ3v) is 5.59. The normalized spacial score (nSPS) is 11.5. The van der Waals surface area contributed by atoms with Crippen LogP contribution in [0.4, 0.5) is 0 Å². The molecule has 2 rings (SSSR count). The second-order valence-corrected chi connectivity index (χ2v) is 7.51. The smallest absolute Gasteiger partial charge is 0.211 e. The number of hydrogen-bond donors (Lipinski definition) is 1. The number of sulfonamides is 1. The summed E-state index contributed by atoms with van der Waals surface area (Å²) in [5.41, 5.74) is 2.23. The van der Waals surface area contributed by atoms with Crippen molar-refractivity contribution in [3.63, 3.8) is 0 Å². The molecule has 0 bridgehead atoms. The van der Waals surface area contributed by atoms with E-state index in [1.54, 1.807) is 18.2 Å². The van der Waals surface area contributed by atoms with Crippen LogP contribution in [0.2, 0.25) is 0 Å². The highest BCUT2D eigenvalue weighted by molar-refractivity contribution is 9.10. The van der Waals surface area contributed by atoms with Crippen molar-refractivity contribution >= 4 is 26.0 Å². The summed E-state index contributed by atoms with van der Waals surface area (Å²) in [5, 5.41) is 0. The first-order chi connectivity index (χ1) is 9.99. The van der Waals surface area contributed by atoms with Crippen LogP contribution in [0.5, 0.6) is 0 Å². The minimum atomic E-state index is -3.46. The molecule has 2 aromatic carbocycles. The Morgan fingerprint density at radius 2 is 1.81 bits per heavy atom. The lowest BCUT2D eigenvalue weighted by atomic mass is 10.1. The molecule has 0 aliphatic rings. The van der Waals surface area contributed by atoms with Crippen molar-refractivity contribution in [3.8, 4) is 0 Å². The Labute approximate surface area is 134 Å². The lowest BCUT2D eigenvalue weighted by molar-refractivity contribution is 0.578. The molecule has 21 heavy (non-hydrogen) atoms. The maximum absolute atomic E-state index is 12.2. The van der Waals surface area contributed by atoms with E-state index in [0.29, 0.717) is 11.0 Å². The van der Waals surface area contributed by atoms with Crippen molar-refractivity contribution in [2.75, 3.05) is 6.54 Å². The lowest BCUT2D eigenvalue weighted by Crippen LogP contribution is -2.25. The minimum absolute atomic E-state index is 0.285. The van der Waals surface area contributed by atoms with Crippen molar-refractivity contribution in [2.45, 2.75) is 24.7 Å². The number of aryl methyl sites for hydroxylation is 2. The van der Waals surface area contributed by atoms with Crippen molar-refractivity contribution in [1.29, 1.82) is 0 Å². The van der Waals surface area contributed by atoms with Gasteiger partial charge in [-0.05, 0) is 59.0 Å². The highest BCUT2D eigenvalue weighted by Gasteiger charge is 2.16. The second kappa shape index (κ2) is 7.20. The monoisotopic (exact) mass is 367 g/mol. The largest absolute Gasteiger partial charge is 0.241 e. The van der Waals surface area contributed by atoms with Gasteiger partial charge in [0.2, 0.25) is 10.0 Å². The van der Waals surface area contributed by atoms with Gasteiger partial charge in [-0.25, -0.2) is 13.1 Å². The maximum atomic E-state index is 12.2. The van der Waals surface area contributed by atoms with E-state index in [1.807, 2.05) is 37.3 Å². The summed E-state index contributed by atoms with van der Waals surface area (Å²) in [4.78, 5) is 0.285. The molecule has 0 aliphatic heterocycles. The fourth-order valence-electron chi connectivity index (χ4n) is 2.05. The van der Waals surface area contributed by atoms with E-state index in [2.05, 4.69) is 20.7 Å². The first-order valence-electron chi connectivity index (χ1n) is 6.79. The fourth-order valence-corrected chi connectivity index (χ4v) is 4.31. The van der Waals surface area contributed by atoms with E-state index in [4.69, 9.17) is 0 Å². The molecule has 0 amide bonds. The standard InChI is InChI=1S/C16H18BrNO2S/c1-13-9-10-16(15(17)12-13)21(19,20)18-11-5-8-14-6-3-2-4-7-14/h2-4,6-7,9-10,12,18H,5,8,11H2,1H3. The number of benzene rings is 2. The number of nitrogens with one attached hydrogen (secondary N) is 1. The summed E-state index contributed by atoms with van der Waals surface area (Å²) >= 11 is 3.31. The molecular weight excluding hydrogens is 350 g/mol. The third kappa shape index (κ3) is 4.66. The molecule has 0 aromatic heterocycles. The summed E-state index contributed by atoms with van der Waals surface area (Å²) in [7, 11) is -3.46. The molecule has 0 radical (unpaired) electrons. The zero-order valence-corrected chi connectivity index (χ0v) is 14.2. The molecule has 0 spiro atoms. The molecular formula is C16H18BrNO2S. The Kier molecular flexibility index (Phi) is 5.56.